The van der Waals surface area contributed by atoms with E-state index in [1.807, 2.05) is 12.1 Å². The highest BCUT2D eigenvalue weighted by atomic mass is 19.1. The molecule has 1 saturated heterocycles. The number of ether oxygens (including phenoxy) is 1. The van der Waals surface area contributed by atoms with Gasteiger partial charge in [0.1, 0.15) is 11.9 Å². The van der Waals surface area contributed by atoms with E-state index in [1.165, 1.54) is 0 Å². The lowest BCUT2D eigenvalue weighted by Gasteiger charge is -2.26. The number of hydrogen-bond acceptors (Lipinski definition) is 2. The van der Waals surface area contributed by atoms with Gasteiger partial charge in [0.2, 0.25) is 0 Å². The molecule has 1 aliphatic rings. The Morgan fingerprint density at radius 2 is 2.06 bits per heavy atom. The number of halogens is 1. The molecule has 1 heterocycles. The van der Waals surface area contributed by atoms with E-state index in [1.54, 1.807) is 12.1 Å². The summed E-state index contributed by atoms with van der Waals surface area (Å²) in [5.74, 6) is -0.434. The normalized spacial score (nSPS) is 24.0. The van der Waals surface area contributed by atoms with E-state index < -0.39 is 5.83 Å². The third-order valence-corrected chi connectivity index (χ3v) is 3.00. The predicted molar refractivity (Wildman–Crippen MR) is 63.7 cm³/mol. The van der Waals surface area contributed by atoms with Crippen LogP contribution in [0.3, 0.4) is 0 Å². The van der Waals surface area contributed by atoms with Gasteiger partial charge in [-0.15, -0.1) is 0 Å². The van der Waals surface area contributed by atoms with Crippen molar-refractivity contribution in [2.24, 2.45) is 0 Å². The Kier molecular flexibility index (Phi) is 3.55. The number of nitriles is 1. The highest BCUT2D eigenvalue weighted by Gasteiger charge is 2.23. The third kappa shape index (κ3) is 2.72. The Morgan fingerprint density at radius 1 is 1.35 bits per heavy atom. The van der Waals surface area contributed by atoms with Gasteiger partial charge in [-0.1, -0.05) is 30.8 Å². The van der Waals surface area contributed by atoms with Crippen LogP contribution in [0.4, 0.5) is 4.39 Å². The van der Waals surface area contributed by atoms with Crippen LogP contribution in [0, 0.1) is 11.3 Å². The summed E-state index contributed by atoms with van der Waals surface area (Å²) in [6, 6.07) is 9.20. The largest absolute Gasteiger partial charge is 0.355 e. The highest BCUT2D eigenvalue weighted by molar-refractivity contribution is 5.56. The summed E-state index contributed by atoms with van der Waals surface area (Å²) < 4.78 is 18.5. The van der Waals surface area contributed by atoms with Crippen LogP contribution in [-0.4, -0.2) is 6.10 Å². The van der Waals surface area contributed by atoms with Gasteiger partial charge in [-0.25, -0.2) is 4.39 Å². The minimum Gasteiger partial charge on any atom is -0.355 e. The highest BCUT2D eigenvalue weighted by Crippen LogP contribution is 2.31. The Bertz CT molecular complexity index is 446. The zero-order valence-corrected chi connectivity index (χ0v) is 9.53. The van der Waals surface area contributed by atoms with Crippen LogP contribution in [0.1, 0.15) is 36.5 Å². The number of hydrogen-bond donors (Lipinski definition) is 0. The van der Waals surface area contributed by atoms with Gasteiger partial charge in [-0.3, -0.25) is 0 Å². The van der Waals surface area contributed by atoms with Crippen LogP contribution < -0.4 is 0 Å². The van der Waals surface area contributed by atoms with Crippen LogP contribution in [0.5, 0.6) is 0 Å². The number of nitrogens with zero attached hydrogens (tertiary/aromatic N) is 1. The fourth-order valence-corrected chi connectivity index (χ4v) is 2.04. The van der Waals surface area contributed by atoms with Gasteiger partial charge in [0.25, 0.3) is 0 Å². The summed E-state index contributed by atoms with van der Waals surface area (Å²) >= 11 is 0. The van der Waals surface area contributed by atoms with Gasteiger partial charge in [0.05, 0.1) is 12.2 Å². The van der Waals surface area contributed by atoms with Crippen molar-refractivity contribution in [1.29, 1.82) is 5.26 Å². The maximum atomic E-state index is 12.9. The van der Waals surface area contributed by atoms with Gasteiger partial charge in [-0.2, -0.15) is 5.26 Å². The summed E-state index contributed by atoms with van der Waals surface area (Å²) in [7, 11) is 0. The topological polar surface area (TPSA) is 33.0 Å². The molecule has 2 rings (SSSR count). The molecule has 1 aromatic carbocycles. The first-order valence-electron chi connectivity index (χ1n) is 5.70. The summed E-state index contributed by atoms with van der Waals surface area (Å²) in [6.45, 7) is 3.25. The molecule has 2 atom stereocenters. The molecule has 0 bridgehead atoms. The lowest BCUT2D eigenvalue weighted by molar-refractivity contribution is -0.0228. The van der Waals surface area contributed by atoms with E-state index in [0.717, 1.165) is 24.8 Å². The van der Waals surface area contributed by atoms with E-state index in [4.69, 9.17) is 10.00 Å². The summed E-state index contributed by atoms with van der Waals surface area (Å²) in [4.78, 5) is 0. The second-order valence-corrected chi connectivity index (χ2v) is 4.20. The fourth-order valence-electron chi connectivity index (χ4n) is 2.04. The van der Waals surface area contributed by atoms with Crippen molar-refractivity contribution in [2.45, 2.75) is 31.5 Å². The molecule has 1 aliphatic heterocycles. The van der Waals surface area contributed by atoms with Gasteiger partial charge < -0.3 is 4.74 Å². The van der Waals surface area contributed by atoms with Gasteiger partial charge >= 0.3 is 0 Å². The number of benzene rings is 1. The molecular weight excluding hydrogens is 217 g/mol. The van der Waals surface area contributed by atoms with E-state index in [-0.39, 0.29) is 12.2 Å². The molecule has 0 N–H and O–H groups in total. The average Bonchev–Trinajstić information content (AvgIpc) is 2.39. The van der Waals surface area contributed by atoms with E-state index in [9.17, 15) is 4.39 Å². The molecule has 0 aromatic heterocycles. The Morgan fingerprint density at radius 3 is 2.65 bits per heavy atom. The Hall–Kier alpha value is -1.66. The van der Waals surface area contributed by atoms with Crippen LogP contribution in [-0.2, 0) is 4.74 Å². The van der Waals surface area contributed by atoms with Crippen LogP contribution in [0.25, 0.3) is 5.83 Å². The summed E-state index contributed by atoms with van der Waals surface area (Å²) in [5.41, 5.74) is 1.48. The van der Waals surface area contributed by atoms with E-state index >= 15 is 0 Å². The van der Waals surface area contributed by atoms with Crippen molar-refractivity contribution in [3.05, 3.63) is 42.0 Å². The first-order chi connectivity index (χ1) is 8.20. The lowest BCUT2D eigenvalue weighted by atomic mass is 9.98. The molecule has 0 spiro atoms. The molecule has 2 nitrogen and oxygen atoms in total. The number of rotatable bonds is 2. The smallest absolute Gasteiger partial charge is 0.144 e. The Labute approximate surface area is 100 Å². The molecule has 88 valence electrons. The van der Waals surface area contributed by atoms with Crippen LogP contribution >= 0.6 is 0 Å². The van der Waals surface area contributed by atoms with Crippen molar-refractivity contribution in [3.63, 3.8) is 0 Å². The third-order valence-electron chi connectivity index (χ3n) is 3.00. The maximum absolute atomic E-state index is 12.9. The molecule has 1 fully saturated rings. The van der Waals surface area contributed by atoms with Crippen molar-refractivity contribution in [1.82, 2.24) is 0 Å². The second kappa shape index (κ2) is 5.11. The zero-order valence-electron chi connectivity index (χ0n) is 9.53. The standard InChI is InChI=1S/C14H14FNO/c1-10(15)11-5-7-12(8-6-11)14-4-2-3-13(9-16)17-14/h5-8,13-14H,1-4H2/t13-,14-/m1/s1. The van der Waals surface area contributed by atoms with Crippen LogP contribution in [0.2, 0.25) is 0 Å². The zero-order chi connectivity index (χ0) is 12.3. The second-order valence-electron chi connectivity index (χ2n) is 4.20. The first kappa shape index (κ1) is 11.8. The van der Waals surface area contributed by atoms with Crippen molar-refractivity contribution >= 4 is 5.83 Å². The summed E-state index contributed by atoms with van der Waals surface area (Å²) in [6.07, 6.45) is 2.33. The minimum atomic E-state index is -0.434. The summed E-state index contributed by atoms with van der Waals surface area (Å²) in [5, 5.41) is 8.84. The van der Waals surface area contributed by atoms with E-state index in [0.29, 0.717) is 5.56 Å². The van der Waals surface area contributed by atoms with Crippen LogP contribution in [0.15, 0.2) is 30.8 Å². The Balaban J connectivity index is 2.12. The molecule has 0 amide bonds. The van der Waals surface area contributed by atoms with Gasteiger partial charge in [-0.05, 0) is 24.8 Å². The molecule has 0 aliphatic carbocycles. The SMILES string of the molecule is C=C(F)c1ccc([C@H]2CCC[C@H](C#N)O2)cc1. The monoisotopic (exact) mass is 231 g/mol. The molecule has 0 radical (unpaired) electrons. The molecule has 1 aromatic rings. The predicted octanol–water partition coefficient (Wildman–Crippen LogP) is 3.76. The van der Waals surface area contributed by atoms with E-state index in [2.05, 4.69) is 12.6 Å². The van der Waals surface area contributed by atoms with Crippen molar-refractivity contribution < 1.29 is 9.13 Å². The van der Waals surface area contributed by atoms with Gasteiger partial charge in [0.15, 0.2) is 0 Å². The average molecular weight is 231 g/mol. The lowest BCUT2D eigenvalue weighted by Crippen LogP contribution is -2.20. The fraction of sp³-hybridized carbons (Fsp3) is 0.357. The molecule has 0 saturated carbocycles. The minimum absolute atomic E-state index is 0.0460. The molecular formula is C14H14FNO. The quantitative estimate of drug-likeness (QED) is 0.776. The first-order valence-corrected chi connectivity index (χ1v) is 5.70. The van der Waals surface area contributed by atoms with Crippen molar-refractivity contribution in [3.8, 4) is 6.07 Å². The molecule has 3 heteroatoms. The maximum Gasteiger partial charge on any atom is 0.144 e. The van der Waals surface area contributed by atoms with Gasteiger partial charge in [0, 0.05) is 5.56 Å². The van der Waals surface area contributed by atoms with Crippen molar-refractivity contribution in [2.75, 3.05) is 0 Å². The molecule has 17 heavy (non-hydrogen) atoms. The molecule has 0 unspecified atom stereocenters.